The summed E-state index contributed by atoms with van der Waals surface area (Å²) in [7, 11) is 0. The van der Waals surface area contributed by atoms with Crippen LogP contribution in [0.3, 0.4) is 0 Å². The Morgan fingerprint density at radius 2 is 1.76 bits per heavy atom. The average Bonchev–Trinajstić information content (AvgIpc) is 3.31. The fourth-order valence-electron chi connectivity index (χ4n) is 4.18. The van der Waals surface area contributed by atoms with Crippen molar-refractivity contribution in [1.82, 2.24) is 15.2 Å². The molecule has 7 nitrogen and oxygen atoms in total. The van der Waals surface area contributed by atoms with Crippen molar-refractivity contribution in [3.8, 4) is 0 Å². The highest BCUT2D eigenvalue weighted by Crippen LogP contribution is 2.32. The van der Waals surface area contributed by atoms with E-state index < -0.39 is 11.9 Å². The van der Waals surface area contributed by atoms with Crippen molar-refractivity contribution in [1.29, 1.82) is 0 Å². The number of amides is 3. The summed E-state index contributed by atoms with van der Waals surface area (Å²) in [4.78, 5) is 44.7. The number of benzene rings is 1. The Morgan fingerprint density at radius 1 is 1.06 bits per heavy atom. The van der Waals surface area contributed by atoms with Gasteiger partial charge < -0.3 is 15.5 Å². The fourth-order valence-corrected chi connectivity index (χ4v) is 4.18. The molecule has 0 spiro atoms. The first-order valence-electron chi connectivity index (χ1n) is 11.4. The Morgan fingerprint density at radius 3 is 2.36 bits per heavy atom. The molecule has 0 aliphatic heterocycles. The molecular formula is C25H31FN4O3. The summed E-state index contributed by atoms with van der Waals surface area (Å²) >= 11 is 0. The molecule has 8 heteroatoms. The average molecular weight is 455 g/mol. The van der Waals surface area contributed by atoms with Crippen LogP contribution in [0.5, 0.6) is 0 Å². The first-order chi connectivity index (χ1) is 15.8. The van der Waals surface area contributed by atoms with E-state index in [-0.39, 0.29) is 42.6 Å². The van der Waals surface area contributed by atoms with Crippen molar-refractivity contribution in [2.45, 2.75) is 70.5 Å². The van der Waals surface area contributed by atoms with E-state index in [2.05, 4.69) is 15.6 Å². The summed E-state index contributed by atoms with van der Waals surface area (Å²) in [6, 6.07) is 9.74. The lowest BCUT2D eigenvalue weighted by molar-refractivity contribution is -0.144. The fraction of sp³-hybridized carbons (Fsp3) is 0.440. The van der Waals surface area contributed by atoms with Crippen LogP contribution in [0, 0.1) is 5.82 Å². The largest absolute Gasteiger partial charge is 0.352 e. The van der Waals surface area contributed by atoms with Crippen LogP contribution in [0.2, 0.25) is 0 Å². The van der Waals surface area contributed by atoms with E-state index in [0.29, 0.717) is 11.4 Å². The predicted molar refractivity (Wildman–Crippen MR) is 124 cm³/mol. The van der Waals surface area contributed by atoms with Gasteiger partial charge in [0.2, 0.25) is 17.7 Å². The van der Waals surface area contributed by atoms with Crippen molar-refractivity contribution < 1.29 is 18.8 Å². The van der Waals surface area contributed by atoms with Crippen LogP contribution >= 0.6 is 0 Å². The lowest BCUT2D eigenvalue weighted by Crippen LogP contribution is -2.49. The minimum absolute atomic E-state index is 0.0272. The topological polar surface area (TPSA) is 91.4 Å². The zero-order valence-electron chi connectivity index (χ0n) is 19.1. The highest BCUT2D eigenvalue weighted by molar-refractivity contribution is 5.94. The minimum atomic E-state index is -0.887. The standard InChI is InChI=1S/C25H31FN4O3/c1-17(2)28-25(33)24(18-10-12-19(26)13-11-18)30(20-7-3-4-8-20)23(32)15-14-22(31)29-21-9-5-6-16-27-21/h5-6,9-13,16-17,20,24H,3-4,7-8,14-15H2,1-2H3,(H,28,33)(H,27,29,31)/t24-/m1/s1. The molecule has 33 heavy (non-hydrogen) atoms. The number of rotatable bonds is 9. The Hall–Kier alpha value is -3.29. The molecule has 3 amide bonds. The van der Waals surface area contributed by atoms with Crippen LogP contribution in [0.25, 0.3) is 0 Å². The SMILES string of the molecule is CC(C)NC(=O)[C@@H](c1ccc(F)cc1)N(C(=O)CCC(=O)Nc1ccccn1)C1CCCC1. The summed E-state index contributed by atoms with van der Waals surface area (Å²) in [5.41, 5.74) is 0.549. The van der Waals surface area contributed by atoms with E-state index in [9.17, 15) is 18.8 Å². The van der Waals surface area contributed by atoms with E-state index in [1.807, 2.05) is 13.8 Å². The summed E-state index contributed by atoms with van der Waals surface area (Å²) in [6.07, 6.45) is 5.02. The summed E-state index contributed by atoms with van der Waals surface area (Å²) in [5.74, 6) is -0.894. The third-order valence-electron chi connectivity index (χ3n) is 5.65. The number of carbonyl (C=O) groups is 3. The van der Waals surface area contributed by atoms with Crippen LogP contribution in [0.15, 0.2) is 48.7 Å². The molecule has 0 saturated heterocycles. The van der Waals surface area contributed by atoms with E-state index in [0.717, 1.165) is 25.7 Å². The number of carbonyl (C=O) groups excluding carboxylic acids is 3. The summed E-state index contributed by atoms with van der Waals surface area (Å²) in [5, 5.41) is 5.58. The number of hydrogen-bond acceptors (Lipinski definition) is 4. The maximum absolute atomic E-state index is 13.6. The Balaban J connectivity index is 1.81. The molecule has 1 atom stereocenters. The predicted octanol–water partition coefficient (Wildman–Crippen LogP) is 3.98. The molecule has 176 valence electrons. The van der Waals surface area contributed by atoms with Crippen LogP contribution in [0.4, 0.5) is 10.2 Å². The molecule has 1 aromatic heterocycles. The zero-order chi connectivity index (χ0) is 23.8. The molecule has 2 aromatic rings. The van der Waals surface area contributed by atoms with E-state index >= 15 is 0 Å². The van der Waals surface area contributed by atoms with Gasteiger partial charge in [0.15, 0.2) is 0 Å². The van der Waals surface area contributed by atoms with Crippen molar-refractivity contribution in [3.63, 3.8) is 0 Å². The van der Waals surface area contributed by atoms with Gasteiger partial charge in [-0.1, -0.05) is 31.0 Å². The van der Waals surface area contributed by atoms with Crippen molar-refractivity contribution in [3.05, 3.63) is 60.0 Å². The number of pyridine rings is 1. The second kappa shape index (κ2) is 11.5. The van der Waals surface area contributed by atoms with Gasteiger partial charge in [0.1, 0.15) is 17.7 Å². The maximum atomic E-state index is 13.6. The molecule has 3 rings (SSSR count). The molecule has 0 unspecified atom stereocenters. The van der Waals surface area contributed by atoms with Crippen LogP contribution in [-0.4, -0.2) is 39.7 Å². The zero-order valence-corrected chi connectivity index (χ0v) is 19.1. The third kappa shape index (κ3) is 6.84. The second-order valence-corrected chi connectivity index (χ2v) is 8.62. The van der Waals surface area contributed by atoms with Gasteiger partial charge >= 0.3 is 0 Å². The number of nitrogens with one attached hydrogen (secondary N) is 2. The molecule has 1 heterocycles. The van der Waals surface area contributed by atoms with E-state index in [4.69, 9.17) is 0 Å². The van der Waals surface area contributed by atoms with Gasteiger partial charge in [0, 0.05) is 31.1 Å². The number of anilines is 1. The molecule has 1 aliphatic carbocycles. The van der Waals surface area contributed by atoms with Gasteiger partial charge in [-0.05, 0) is 56.5 Å². The molecule has 1 saturated carbocycles. The molecule has 0 bridgehead atoms. The maximum Gasteiger partial charge on any atom is 0.247 e. The smallest absolute Gasteiger partial charge is 0.247 e. The lowest BCUT2D eigenvalue weighted by atomic mass is 10.00. The Kier molecular flexibility index (Phi) is 8.52. The summed E-state index contributed by atoms with van der Waals surface area (Å²) in [6.45, 7) is 3.70. The van der Waals surface area contributed by atoms with Crippen LogP contribution in [0.1, 0.15) is 64.0 Å². The monoisotopic (exact) mass is 454 g/mol. The quantitative estimate of drug-likeness (QED) is 0.600. The lowest BCUT2D eigenvalue weighted by Gasteiger charge is -2.36. The van der Waals surface area contributed by atoms with E-state index in [1.165, 1.54) is 12.1 Å². The van der Waals surface area contributed by atoms with Gasteiger partial charge in [-0.3, -0.25) is 14.4 Å². The number of halogens is 1. The van der Waals surface area contributed by atoms with Gasteiger partial charge in [0.05, 0.1) is 0 Å². The summed E-state index contributed by atoms with van der Waals surface area (Å²) < 4.78 is 13.6. The van der Waals surface area contributed by atoms with Gasteiger partial charge in [0.25, 0.3) is 0 Å². The minimum Gasteiger partial charge on any atom is -0.352 e. The molecular weight excluding hydrogens is 423 g/mol. The third-order valence-corrected chi connectivity index (χ3v) is 5.65. The van der Waals surface area contributed by atoms with Crippen LogP contribution in [-0.2, 0) is 14.4 Å². The number of aromatic nitrogens is 1. The normalized spacial score (nSPS) is 14.7. The Bertz CT molecular complexity index is 944. The van der Waals surface area contributed by atoms with Crippen molar-refractivity contribution in [2.75, 3.05) is 5.32 Å². The van der Waals surface area contributed by atoms with Crippen molar-refractivity contribution in [2.24, 2.45) is 0 Å². The van der Waals surface area contributed by atoms with Crippen LogP contribution < -0.4 is 10.6 Å². The molecule has 1 fully saturated rings. The van der Waals surface area contributed by atoms with E-state index in [1.54, 1.807) is 41.4 Å². The van der Waals surface area contributed by atoms with Gasteiger partial charge in [-0.25, -0.2) is 9.37 Å². The molecule has 2 N–H and O–H groups in total. The number of hydrogen-bond donors (Lipinski definition) is 2. The first-order valence-corrected chi connectivity index (χ1v) is 11.4. The molecule has 1 aliphatic rings. The highest BCUT2D eigenvalue weighted by Gasteiger charge is 2.37. The number of nitrogens with zero attached hydrogens (tertiary/aromatic N) is 2. The van der Waals surface area contributed by atoms with Gasteiger partial charge in [-0.15, -0.1) is 0 Å². The second-order valence-electron chi connectivity index (χ2n) is 8.62. The molecule has 0 radical (unpaired) electrons. The molecule has 1 aromatic carbocycles. The highest BCUT2D eigenvalue weighted by atomic mass is 19.1. The Labute approximate surface area is 193 Å². The van der Waals surface area contributed by atoms with Crippen molar-refractivity contribution >= 4 is 23.5 Å². The van der Waals surface area contributed by atoms with Gasteiger partial charge in [-0.2, -0.15) is 0 Å². The first kappa shape index (κ1) is 24.4.